The smallest absolute Gasteiger partial charge is 0.310 e. The highest BCUT2D eigenvalue weighted by Gasteiger charge is 2.28. The summed E-state index contributed by atoms with van der Waals surface area (Å²) in [7, 11) is 0. The summed E-state index contributed by atoms with van der Waals surface area (Å²) in [5, 5.41) is 14.5. The summed E-state index contributed by atoms with van der Waals surface area (Å²) in [6, 6.07) is 6.59. The van der Waals surface area contributed by atoms with Crippen molar-refractivity contribution in [3.8, 4) is 0 Å². The summed E-state index contributed by atoms with van der Waals surface area (Å²) in [5.41, 5.74) is -0.127. The van der Waals surface area contributed by atoms with E-state index < -0.39 is 11.4 Å². The third kappa shape index (κ3) is 4.07. The summed E-state index contributed by atoms with van der Waals surface area (Å²) < 4.78 is 0. The molecule has 118 valence electrons. The second kappa shape index (κ2) is 6.17. The Morgan fingerprint density at radius 1 is 1.09 bits per heavy atom. The molecule has 0 saturated heterocycles. The van der Waals surface area contributed by atoms with Crippen LogP contribution in [0.25, 0.3) is 0 Å². The van der Waals surface area contributed by atoms with Crippen LogP contribution < -0.4 is 10.6 Å². The fraction of sp³-hybridized carbons (Fsp3) is 0.438. The van der Waals surface area contributed by atoms with E-state index in [1.165, 1.54) is 0 Å². The van der Waals surface area contributed by atoms with Crippen LogP contribution in [0.1, 0.15) is 47.4 Å². The molecule has 0 unspecified atom stereocenters. The average Bonchev–Trinajstić information content (AvgIpc) is 3.28. The molecule has 1 fully saturated rings. The van der Waals surface area contributed by atoms with Gasteiger partial charge in [0.2, 0.25) is 0 Å². The van der Waals surface area contributed by atoms with Crippen LogP contribution in [0.4, 0.5) is 0 Å². The first-order valence-electron chi connectivity index (χ1n) is 7.22. The lowest BCUT2D eigenvalue weighted by Gasteiger charge is -2.19. The standard InChI is InChI=1S/C16H20N2O4/c1-16(2,15(21)22)9-17-13(19)10-3-5-11(6-4-10)14(20)18-12-7-8-12/h3-6,12H,7-9H2,1-2H3,(H,17,19)(H,18,20)(H,21,22). The van der Waals surface area contributed by atoms with Gasteiger partial charge < -0.3 is 15.7 Å². The molecule has 0 spiro atoms. The molecule has 0 aliphatic heterocycles. The minimum atomic E-state index is -1.03. The van der Waals surface area contributed by atoms with Crippen LogP contribution in [0, 0.1) is 5.41 Å². The van der Waals surface area contributed by atoms with Crippen molar-refractivity contribution in [2.75, 3.05) is 6.54 Å². The number of carboxylic acid groups (broad SMARTS) is 1. The molecule has 6 nitrogen and oxygen atoms in total. The Kier molecular flexibility index (Phi) is 4.49. The van der Waals surface area contributed by atoms with E-state index in [1.807, 2.05) is 0 Å². The van der Waals surface area contributed by atoms with Crippen LogP contribution in [-0.4, -0.2) is 35.5 Å². The Morgan fingerprint density at radius 3 is 2.05 bits per heavy atom. The lowest BCUT2D eigenvalue weighted by atomic mass is 9.94. The fourth-order valence-electron chi connectivity index (χ4n) is 1.75. The number of carboxylic acids is 1. The van der Waals surface area contributed by atoms with E-state index in [0.717, 1.165) is 12.8 Å². The summed E-state index contributed by atoms with van der Waals surface area (Å²) in [6.45, 7) is 3.12. The predicted molar refractivity (Wildman–Crippen MR) is 80.7 cm³/mol. The van der Waals surface area contributed by atoms with E-state index in [2.05, 4.69) is 10.6 Å². The first kappa shape index (κ1) is 16.0. The zero-order valence-electron chi connectivity index (χ0n) is 12.7. The van der Waals surface area contributed by atoms with Crippen molar-refractivity contribution in [1.29, 1.82) is 0 Å². The number of aliphatic carboxylic acids is 1. The maximum atomic E-state index is 12.0. The van der Waals surface area contributed by atoms with Crippen molar-refractivity contribution in [3.63, 3.8) is 0 Å². The molecular formula is C16H20N2O4. The zero-order chi connectivity index (χ0) is 16.3. The van der Waals surface area contributed by atoms with Gasteiger partial charge in [0.05, 0.1) is 5.41 Å². The van der Waals surface area contributed by atoms with Gasteiger partial charge in [-0.3, -0.25) is 14.4 Å². The molecule has 0 atom stereocenters. The SMILES string of the molecule is CC(C)(CNC(=O)c1ccc(C(=O)NC2CC2)cc1)C(=O)O. The fourth-order valence-corrected chi connectivity index (χ4v) is 1.75. The number of carbonyl (C=O) groups excluding carboxylic acids is 2. The Morgan fingerprint density at radius 2 is 1.59 bits per heavy atom. The number of carbonyl (C=O) groups is 3. The number of hydrogen-bond donors (Lipinski definition) is 3. The van der Waals surface area contributed by atoms with E-state index in [0.29, 0.717) is 11.1 Å². The highest BCUT2D eigenvalue weighted by molar-refractivity contribution is 5.98. The van der Waals surface area contributed by atoms with Gasteiger partial charge in [0.1, 0.15) is 0 Å². The summed E-state index contributed by atoms with van der Waals surface area (Å²) in [5.74, 6) is -1.47. The predicted octanol–water partition coefficient (Wildman–Crippen LogP) is 1.42. The molecule has 2 amide bonds. The highest BCUT2D eigenvalue weighted by atomic mass is 16.4. The van der Waals surface area contributed by atoms with Crippen LogP contribution in [0.15, 0.2) is 24.3 Å². The monoisotopic (exact) mass is 304 g/mol. The van der Waals surface area contributed by atoms with E-state index in [-0.39, 0.29) is 24.4 Å². The van der Waals surface area contributed by atoms with Crippen molar-refractivity contribution in [2.24, 2.45) is 5.41 Å². The molecule has 0 bridgehead atoms. The van der Waals surface area contributed by atoms with E-state index in [9.17, 15) is 14.4 Å². The van der Waals surface area contributed by atoms with Gasteiger partial charge in [-0.2, -0.15) is 0 Å². The van der Waals surface area contributed by atoms with Gasteiger partial charge in [-0.25, -0.2) is 0 Å². The molecule has 22 heavy (non-hydrogen) atoms. The third-order valence-electron chi connectivity index (χ3n) is 3.59. The topological polar surface area (TPSA) is 95.5 Å². The van der Waals surface area contributed by atoms with Gasteiger partial charge in [-0.15, -0.1) is 0 Å². The Balaban J connectivity index is 1.93. The number of rotatable bonds is 6. The lowest BCUT2D eigenvalue weighted by molar-refractivity contribution is -0.146. The van der Waals surface area contributed by atoms with E-state index in [1.54, 1.807) is 38.1 Å². The van der Waals surface area contributed by atoms with Gasteiger partial charge >= 0.3 is 5.97 Å². The average molecular weight is 304 g/mol. The van der Waals surface area contributed by atoms with Crippen LogP contribution in [0.5, 0.6) is 0 Å². The quantitative estimate of drug-likeness (QED) is 0.740. The largest absolute Gasteiger partial charge is 0.481 e. The molecule has 0 heterocycles. The Labute approximate surface area is 128 Å². The Hall–Kier alpha value is -2.37. The first-order chi connectivity index (χ1) is 10.3. The van der Waals surface area contributed by atoms with E-state index in [4.69, 9.17) is 5.11 Å². The van der Waals surface area contributed by atoms with Crippen LogP contribution in [0.2, 0.25) is 0 Å². The maximum Gasteiger partial charge on any atom is 0.310 e. The maximum absolute atomic E-state index is 12.0. The Bertz CT molecular complexity index is 589. The molecule has 1 aromatic carbocycles. The zero-order valence-corrected chi connectivity index (χ0v) is 12.7. The molecule has 3 N–H and O–H groups in total. The first-order valence-corrected chi connectivity index (χ1v) is 7.22. The van der Waals surface area contributed by atoms with Crippen molar-refractivity contribution < 1.29 is 19.5 Å². The summed E-state index contributed by atoms with van der Waals surface area (Å²) >= 11 is 0. The molecule has 1 saturated carbocycles. The summed E-state index contributed by atoms with van der Waals surface area (Å²) in [6.07, 6.45) is 2.04. The molecule has 6 heteroatoms. The van der Waals surface area contributed by atoms with Crippen LogP contribution >= 0.6 is 0 Å². The number of benzene rings is 1. The second-order valence-corrected chi connectivity index (χ2v) is 6.20. The molecular weight excluding hydrogens is 284 g/mol. The minimum Gasteiger partial charge on any atom is -0.481 e. The number of nitrogens with one attached hydrogen (secondary N) is 2. The molecule has 1 aliphatic carbocycles. The van der Waals surface area contributed by atoms with Gasteiger partial charge in [0.25, 0.3) is 11.8 Å². The minimum absolute atomic E-state index is 0.0328. The normalized spacial score (nSPS) is 14.3. The highest BCUT2D eigenvalue weighted by Crippen LogP contribution is 2.19. The van der Waals surface area contributed by atoms with Gasteiger partial charge in [-0.1, -0.05) is 0 Å². The van der Waals surface area contributed by atoms with Crippen LogP contribution in [0.3, 0.4) is 0 Å². The summed E-state index contributed by atoms with van der Waals surface area (Å²) in [4.78, 5) is 34.8. The van der Waals surface area contributed by atoms with Gasteiger partial charge in [0.15, 0.2) is 0 Å². The second-order valence-electron chi connectivity index (χ2n) is 6.20. The van der Waals surface area contributed by atoms with Crippen molar-refractivity contribution in [3.05, 3.63) is 35.4 Å². The van der Waals surface area contributed by atoms with Gasteiger partial charge in [-0.05, 0) is 51.0 Å². The molecule has 2 rings (SSSR count). The van der Waals surface area contributed by atoms with Crippen LogP contribution in [-0.2, 0) is 4.79 Å². The number of amides is 2. The molecule has 0 radical (unpaired) electrons. The lowest BCUT2D eigenvalue weighted by Crippen LogP contribution is -2.38. The third-order valence-corrected chi connectivity index (χ3v) is 3.59. The van der Waals surface area contributed by atoms with Crippen molar-refractivity contribution >= 4 is 17.8 Å². The van der Waals surface area contributed by atoms with E-state index >= 15 is 0 Å². The molecule has 1 aliphatic rings. The van der Waals surface area contributed by atoms with Crippen molar-refractivity contribution in [2.45, 2.75) is 32.7 Å². The molecule has 1 aromatic rings. The van der Waals surface area contributed by atoms with Gasteiger partial charge in [0, 0.05) is 23.7 Å². The number of hydrogen-bond acceptors (Lipinski definition) is 3. The molecule has 0 aromatic heterocycles. The van der Waals surface area contributed by atoms with Crippen molar-refractivity contribution in [1.82, 2.24) is 10.6 Å².